The van der Waals surface area contributed by atoms with Gasteiger partial charge in [-0.3, -0.25) is 4.79 Å². The van der Waals surface area contributed by atoms with E-state index in [1.54, 1.807) is 36.4 Å². The maximum absolute atomic E-state index is 12.0. The van der Waals surface area contributed by atoms with Gasteiger partial charge in [-0.15, -0.1) is 0 Å². The summed E-state index contributed by atoms with van der Waals surface area (Å²) in [6, 6.07) is 14.3. The fourth-order valence-electron chi connectivity index (χ4n) is 1.55. The Bertz CT molecular complexity index is 552. The first-order chi connectivity index (χ1) is 8.69. The van der Waals surface area contributed by atoms with Gasteiger partial charge in [-0.05, 0) is 42.5 Å². The van der Waals surface area contributed by atoms with Gasteiger partial charge in [-0.25, -0.2) is 0 Å². The summed E-state index contributed by atoms with van der Waals surface area (Å²) in [4.78, 5) is 12.0. The van der Waals surface area contributed by atoms with E-state index in [1.165, 1.54) is 0 Å². The summed E-state index contributed by atoms with van der Waals surface area (Å²) in [6.45, 7) is 0. The van der Waals surface area contributed by atoms with Gasteiger partial charge in [0, 0.05) is 29.0 Å². The van der Waals surface area contributed by atoms with E-state index in [2.05, 4.69) is 10.6 Å². The lowest BCUT2D eigenvalue weighted by molar-refractivity contribution is 0.102. The summed E-state index contributed by atoms with van der Waals surface area (Å²) in [6.07, 6.45) is 0. The summed E-state index contributed by atoms with van der Waals surface area (Å²) < 4.78 is 0. The molecule has 0 saturated carbocycles. The van der Waals surface area contributed by atoms with Crippen LogP contribution in [0.1, 0.15) is 10.4 Å². The van der Waals surface area contributed by atoms with Gasteiger partial charge >= 0.3 is 0 Å². The second-order valence-corrected chi connectivity index (χ2v) is 4.23. The van der Waals surface area contributed by atoms with Gasteiger partial charge < -0.3 is 10.6 Å². The molecular formula is C14H13ClN2O. The minimum Gasteiger partial charge on any atom is -0.388 e. The Hall–Kier alpha value is -2.00. The standard InChI is InChI=1S/C14H13ClN2O/c1-16-13-4-2-3-10(9-13)14(18)17-12-7-5-11(15)6-8-12/h2-9,16H,1H3,(H,17,18). The van der Waals surface area contributed by atoms with Crippen molar-refractivity contribution in [3.05, 3.63) is 59.1 Å². The third-order valence-corrected chi connectivity index (χ3v) is 2.77. The second kappa shape index (κ2) is 5.56. The molecule has 0 aromatic heterocycles. The zero-order valence-electron chi connectivity index (χ0n) is 9.91. The predicted octanol–water partition coefficient (Wildman–Crippen LogP) is 3.63. The average molecular weight is 261 g/mol. The SMILES string of the molecule is CNc1cccc(C(=O)Nc2ccc(Cl)cc2)c1. The molecule has 18 heavy (non-hydrogen) atoms. The van der Waals surface area contributed by atoms with Crippen LogP contribution in [0, 0.1) is 0 Å². The van der Waals surface area contributed by atoms with Gasteiger partial charge in [0.25, 0.3) is 5.91 Å². The minimum atomic E-state index is -0.144. The van der Waals surface area contributed by atoms with E-state index in [4.69, 9.17) is 11.6 Å². The molecule has 0 saturated heterocycles. The first kappa shape index (κ1) is 12.5. The molecule has 2 N–H and O–H groups in total. The van der Waals surface area contributed by atoms with Crippen LogP contribution in [-0.2, 0) is 0 Å². The maximum atomic E-state index is 12.0. The summed E-state index contributed by atoms with van der Waals surface area (Å²) in [7, 11) is 1.82. The van der Waals surface area contributed by atoms with E-state index in [1.807, 2.05) is 19.2 Å². The average Bonchev–Trinajstić information content (AvgIpc) is 2.41. The number of anilines is 2. The van der Waals surface area contributed by atoms with Crippen molar-refractivity contribution in [1.29, 1.82) is 0 Å². The van der Waals surface area contributed by atoms with Crippen molar-refractivity contribution in [1.82, 2.24) is 0 Å². The Morgan fingerprint density at radius 3 is 2.44 bits per heavy atom. The van der Waals surface area contributed by atoms with Crippen LogP contribution >= 0.6 is 11.6 Å². The van der Waals surface area contributed by atoms with Crippen molar-refractivity contribution in [3.63, 3.8) is 0 Å². The lowest BCUT2D eigenvalue weighted by Crippen LogP contribution is -2.11. The molecule has 3 nitrogen and oxygen atoms in total. The number of rotatable bonds is 3. The van der Waals surface area contributed by atoms with E-state index in [0.29, 0.717) is 10.6 Å². The molecule has 2 rings (SSSR count). The molecule has 0 aliphatic heterocycles. The molecule has 0 heterocycles. The molecule has 4 heteroatoms. The summed E-state index contributed by atoms with van der Waals surface area (Å²) >= 11 is 5.78. The van der Waals surface area contributed by atoms with Crippen LogP contribution in [0.4, 0.5) is 11.4 Å². The number of hydrogen-bond acceptors (Lipinski definition) is 2. The number of nitrogens with one attached hydrogen (secondary N) is 2. The summed E-state index contributed by atoms with van der Waals surface area (Å²) in [5.41, 5.74) is 2.23. The molecule has 2 aromatic carbocycles. The molecule has 0 aliphatic rings. The van der Waals surface area contributed by atoms with Gasteiger partial charge in [-0.2, -0.15) is 0 Å². The zero-order valence-corrected chi connectivity index (χ0v) is 10.7. The molecule has 0 atom stereocenters. The molecule has 92 valence electrons. The minimum absolute atomic E-state index is 0.144. The monoisotopic (exact) mass is 260 g/mol. The van der Waals surface area contributed by atoms with Gasteiger partial charge in [0.1, 0.15) is 0 Å². The maximum Gasteiger partial charge on any atom is 0.255 e. The Morgan fingerprint density at radius 1 is 1.06 bits per heavy atom. The van der Waals surface area contributed by atoms with E-state index in [0.717, 1.165) is 11.4 Å². The van der Waals surface area contributed by atoms with Gasteiger partial charge in [-0.1, -0.05) is 17.7 Å². The smallest absolute Gasteiger partial charge is 0.255 e. The van der Waals surface area contributed by atoms with Crippen molar-refractivity contribution >= 4 is 28.9 Å². The molecule has 1 amide bonds. The summed E-state index contributed by atoms with van der Waals surface area (Å²) in [5, 5.41) is 6.45. The Morgan fingerprint density at radius 2 is 1.78 bits per heavy atom. The Kier molecular flexibility index (Phi) is 3.85. The number of hydrogen-bond donors (Lipinski definition) is 2. The topological polar surface area (TPSA) is 41.1 Å². The third-order valence-electron chi connectivity index (χ3n) is 2.52. The molecule has 2 aromatic rings. The predicted molar refractivity (Wildman–Crippen MR) is 75.4 cm³/mol. The highest BCUT2D eigenvalue weighted by atomic mass is 35.5. The third kappa shape index (κ3) is 3.02. The van der Waals surface area contributed by atoms with Crippen LogP contribution in [-0.4, -0.2) is 13.0 Å². The zero-order chi connectivity index (χ0) is 13.0. The number of benzene rings is 2. The fourth-order valence-corrected chi connectivity index (χ4v) is 1.68. The van der Waals surface area contributed by atoms with Crippen LogP contribution in [0.3, 0.4) is 0 Å². The molecule has 0 radical (unpaired) electrons. The lowest BCUT2D eigenvalue weighted by atomic mass is 10.2. The van der Waals surface area contributed by atoms with Gasteiger partial charge in [0.05, 0.1) is 0 Å². The van der Waals surface area contributed by atoms with Crippen molar-refractivity contribution in [2.45, 2.75) is 0 Å². The van der Waals surface area contributed by atoms with Crippen molar-refractivity contribution in [3.8, 4) is 0 Å². The van der Waals surface area contributed by atoms with Crippen molar-refractivity contribution in [2.75, 3.05) is 17.7 Å². The second-order valence-electron chi connectivity index (χ2n) is 3.79. The molecular weight excluding hydrogens is 248 g/mol. The molecule has 0 aliphatic carbocycles. The number of amides is 1. The highest BCUT2D eigenvalue weighted by molar-refractivity contribution is 6.30. The van der Waals surface area contributed by atoms with E-state index in [9.17, 15) is 4.79 Å². The van der Waals surface area contributed by atoms with Gasteiger partial charge in [0.15, 0.2) is 0 Å². The van der Waals surface area contributed by atoms with E-state index >= 15 is 0 Å². The highest BCUT2D eigenvalue weighted by Gasteiger charge is 2.06. The molecule has 0 unspecified atom stereocenters. The summed E-state index contributed by atoms with van der Waals surface area (Å²) in [5.74, 6) is -0.144. The van der Waals surface area contributed by atoms with Crippen molar-refractivity contribution < 1.29 is 4.79 Å². The van der Waals surface area contributed by atoms with Gasteiger partial charge in [0.2, 0.25) is 0 Å². The highest BCUT2D eigenvalue weighted by Crippen LogP contribution is 2.15. The normalized spacial score (nSPS) is 9.89. The number of halogens is 1. The molecule has 0 spiro atoms. The van der Waals surface area contributed by atoms with E-state index in [-0.39, 0.29) is 5.91 Å². The number of carbonyl (C=O) groups excluding carboxylic acids is 1. The Labute approximate surface area is 111 Å². The largest absolute Gasteiger partial charge is 0.388 e. The quantitative estimate of drug-likeness (QED) is 0.885. The van der Waals surface area contributed by atoms with Crippen LogP contribution in [0.5, 0.6) is 0 Å². The van der Waals surface area contributed by atoms with Crippen molar-refractivity contribution in [2.24, 2.45) is 0 Å². The first-order valence-corrected chi connectivity index (χ1v) is 5.91. The lowest BCUT2D eigenvalue weighted by Gasteiger charge is -2.07. The fraction of sp³-hybridized carbons (Fsp3) is 0.0714. The van der Waals surface area contributed by atoms with Crippen LogP contribution in [0.2, 0.25) is 5.02 Å². The molecule has 0 fully saturated rings. The van der Waals surface area contributed by atoms with Crippen LogP contribution in [0.15, 0.2) is 48.5 Å². The first-order valence-electron chi connectivity index (χ1n) is 5.54. The van der Waals surface area contributed by atoms with Crippen LogP contribution in [0.25, 0.3) is 0 Å². The number of carbonyl (C=O) groups is 1. The van der Waals surface area contributed by atoms with Crippen LogP contribution < -0.4 is 10.6 Å². The Balaban J connectivity index is 2.14. The molecule has 0 bridgehead atoms. The van der Waals surface area contributed by atoms with E-state index < -0.39 is 0 Å².